The second-order valence-electron chi connectivity index (χ2n) is 4.02. The second-order valence-corrected chi connectivity index (χ2v) is 6.11. The lowest BCUT2D eigenvalue weighted by Gasteiger charge is -2.13. The molecule has 0 saturated carbocycles. The standard InChI is InChI=1S/C12H17NO6S/c1-8(12(14)15)20(16,17)13-7-9-6-10(18-2)4-5-11(9)19-3/h4-6,8,13H,7H2,1-3H3,(H,14,15). The van der Waals surface area contributed by atoms with Crippen LogP contribution in [0.1, 0.15) is 12.5 Å². The molecule has 0 heterocycles. The molecule has 1 rings (SSSR count). The van der Waals surface area contributed by atoms with E-state index >= 15 is 0 Å². The minimum absolute atomic E-state index is 0.0830. The molecule has 112 valence electrons. The first kappa shape index (κ1) is 16.3. The molecule has 7 nitrogen and oxygen atoms in total. The summed E-state index contributed by atoms with van der Waals surface area (Å²) in [5, 5.41) is 7.21. The van der Waals surface area contributed by atoms with Crippen molar-refractivity contribution in [2.45, 2.75) is 18.7 Å². The van der Waals surface area contributed by atoms with Crippen molar-refractivity contribution in [2.75, 3.05) is 14.2 Å². The van der Waals surface area contributed by atoms with Gasteiger partial charge in [0, 0.05) is 12.1 Å². The van der Waals surface area contributed by atoms with Crippen LogP contribution in [0.4, 0.5) is 0 Å². The Morgan fingerprint density at radius 2 is 2.00 bits per heavy atom. The van der Waals surface area contributed by atoms with Gasteiger partial charge < -0.3 is 14.6 Å². The van der Waals surface area contributed by atoms with E-state index in [-0.39, 0.29) is 6.54 Å². The Kier molecular flexibility index (Phi) is 5.34. The molecule has 0 fully saturated rings. The van der Waals surface area contributed by atoms with Gasteiger partial charge in [-0.2, -0.15) is 0 Å². The Bertz CT molecular complexity index is 584. The Hall–Kier alpha value is -1.80. The van der Waals surface area contributed by atoms with Gasteiger partial charge in [-0.1, -0.05) is 0 Å². The van der Waals surface area contributed by atoms with Gasteiger partial charge in [-0.05, 0) is 25.1 Å². The van der Waals surface area contributed by atoms with Crippen LogP contribution in [0.5, 0.6) is 11.5 Å². The monoisotopic (exact) mass is 303 g/mol. The fraction of sp³-hybridized carbons (Fsp3) is 0.417. The predicted molar refractivity (Wildman–Crippen MR) is 72.4 cm³/mol. The largest absolute Gasteiger partial charge is 0.497 e. The Balaban J connectivity index is 2.91. The molecule has 0 aliphatic carbocycles. The number of carboxylic acids is 1. The first-order valence-electron chi connectivity index (χ1n) is 5.74. The number of carboxylic acid groups (broad SMARTS) is 1. The summed E-state index contributed by atoms with van der Waals surface area (Å²) in [4.78, 5) is 10.7. The summed E-state index contributed by atoms with van der Waals surface area (Å²) in [7, 11) is -1.00. The minimum atomic E-state index is -3.95. The van der Waals surface area contributed by atoms with E-state index in [0.717, 1.165) is 6.92 Å². The van der Waals surface area contributed by atoms with Crippen molar-refractivity contribution < 1.29 is 27.8 Å². The minimum Gasteiger partial charge on any atom is -0.497 e. The van der Waals surface area contributed by atoms with Gasteiger partial charge in [-0.3, -0.25) is 4.79 Å². The van der Waals surface area contributed by atoms with Crippen molar-refractivity contribution in [1.82, 2.24) is 4.72 Å². The topological polar surface area (TPSA) is 102 Å². The maximum absolute atomic E-state index is 11.7. The zero-order valence-electron chi connectivity index (χ0n) is 11.4. The molecular weight excluding hydrogens is 286 g/mol. The summed E-state index contributed by atoms with van der Waals surface area (Å²) in [5.74, 6) is -0.377. The highest BCUT2D eigenvalue weighted by Gasteiger charge is 2.27. The molecule has 0 amide bonds. The summed E-state index contributed by atoms with van der Waals surface area (Å²) < 4.78 is 35.9. The third-order valence-electron chi connectivity index (χ3n) is 2.76. The number of ether oxygens (including phenoxy) is 2. The molecule has 0 bridgehead atoms. The van der Waals surface area contributed by atoms with Crippen molar-refractivity contribution in [3.8, 4) is 11.5 Å². The Labute approximate surface area is 117 Å². The molecule has 0 saturated heterocycles. The van der Waals surface area contributed by atoms with E-state index in [4.69, 9.17) is 14.6 Å². The first-order valence-corrected chi connectivity index (χ1v) is 7.28. The van der Waals surface area contributed by atoms with E-state index in [0.29, 0.717) is 17.1 Å². The van der Waals surface area contributed by atoms with Crippen molar-refractivity contribution in [3.63, 3.8) is 0 Å². The molecule has 1 atom stereocenters. The molecule has 2 N–H and O–H groups in total. The van der Waals surface area contributed by atoms with Crippen LogP contribution in [0, 0.1) is 0 Å². The van der Waals surface area contributed by atoms with Gasteiger partial charge in [0.25, 0.3) is 0 Å². The maximum Gasteiger partial charge on any atom is 0.323 e. The van der Waals surface area contributed by atoms with E-state index in [1.165, 1.54) is 14.2 Å². The van der Waals surface area contributed by atoms with Crippen LogP contribution in [-0.2, 0) is 21.4 Å². The van der Waals surface area contributed by atoms with Crippen molar-refractivity contribution in [1.29, 1.82) is 0 Å². The molecule has 0 radical (unpaired) electrons. The normalized spacial score (nSPS) is 12.8. The number of hydrogen-bond acceptors (Lipinski definition) is 5. The lowest BCUT2D eigenvalue weighted by molar-refractivity contribution is -0.136. The number of aliphatic carboxylic acids is 1. The molecule has 8 heteroatoms. The highest BCUT2D eigenvalue weighted by molar-refractivity contribution is 7.90. The second kappa shape index (κ2) is 6.58. The van der Waals surface area contributed by atoms with Gasteiger partial charge in [0.1, 0.15) is 11.5 Å². The molecule has 1 aromatic carbocycles. The Morgan fingerprint density at radius 1 is 1.35 bits per heavy atom. The van der Waals surface area contributed by atoms with Crippen LogP contribution in [0.2, 0.25) is 0 Å². The fourth-order valence-corrected chi connectivity index (χ4v) is 2.33. The molecule has 0 aliphatic rings. The quantitative estimate of drug-likeness (QED) is 0.764. The summed E-state index contributed by atoms with van der Waals surface area (Å²) in [6, 6.07) is 4.94. The van der Waals surface area contributed by atoms with E-state index in [9.17, 15) is 13.2 Å². The number of benzene rings is 1. The smallest absolute Gasteiger partial charge is 0.323 e. The number of sulfonamides is 1. The first-order chi connectivity index (χ1) is 9.31. The third-order valence-corrected chi connectivity index (χ3v) is 4.44. The highest BCUT2D eigenvalue weighted by Crippen LogP contribution is 2.24. The number of methoxy groups -OCH3 is 2. The Morgan fingerprint density at radius 3 is 2.50 bits per heavy atom. The predicted octanol–water partition coefficient (Wildman–Crippen LogP) is 0.596. The van der Waals surface area contributed by atoms with Crippen molar-refractivity contribution >= 4 is 16.0 Å². The van der Waals surface area contributed by atoms with Crippen molar-refractivity contribution in [3.05, 3.63) is 23.8 Å². The molecular formula is C12H17NO6S. The zero-order valence-corrected chi connectivity index (χ0v) is 12.2. The fourth-order valence-electron chi connectivity index (χ4n) is 1.46. The van der Waals surface area contributed by atoms with Gasteiger partial charge in [-0.25, -0.2) is 13.1 Å². The van der Waals surface area contributed by atoms with Gasteiger partial charge >= 0.3 is 5.97 Å². The van der Waals surface area contributed by atoms with E-state index < -0.39 is 21.2 Å². The number of hydrogen-bond donors (Lipinski definition) is 2. The number of rotatable bonds is 7. The van der Waals surface area contributed by atoms with Gasteiger partial charge in [0.05, 0.1) is 14.2 Å². The SMILES string of the molecule is COc1ccc(OC)c(CNS(=O)(=O)C(C)C(=O)O)c1. The van der Waals surface area contributed by atoms with Gasteiger partial charge in [0.15, 0.2) is 5.25 Å². The van der Waals surface area contributed by atoms with Crippen molar-refractivity contribution in [2.24, 2.45) is 0 Å². The van der Waals surface area contributed by atoms with Gasteiger partial charge in [-0.15, -0.1) is 0 Å². The van der Waals surface area contributed by atoms with E-state index in [2.05, 4.69) is 4.72 Å². The summed E-state index contributed by atoms with van der Waals surface area (Å²) in [6.45, 7) is 1.02. The lowest BCUT2D eigenvalue weighted by atomic mass is 10.2. The molecule has 1 unspecified atom stereocenters. The van der Waals surface area contributed by atoms with Crippen LogP contribution in [0.3, 0.4) is 0 Å². The van der Waals surface area contributed by atoms with Crippen LogP contribution in [0.25, 0.3) is 0 Å². The summed E-state index contributed by atoms with van der Waals surface area (Å²) in [6.07, 6.45) is 0. The van der Waals surface area contributed by atoms with Crippen LogP contribution in [0.15, 0.2) is 18.2 Å². The van der Waals surface area contributed by atoms with Crippen LogP contribution < -0.4 is 14.2 Å². The van der Waals surface area contributed by atoms with E-state index in [1.807, 2.05) is 0 Å². The number of carbonyl (C=O) groups is 1. The zero-order chi connectivity index (χ0) is 15.3. The van der Waals surface area contributed by atoms with Crippen LogP contribution in [-0.4, -0.2) is 39.0 Å². The average molecular weight is 303 g/mol. The lowest BCUT2D eigenvalue weighted by Crippen LogP contribution is -2.37. The summed E-state index contributed by atoms with van der Waals surface area (Å²) >= 11 is 0. The number of nitrogens with one attached hydrogen (secondary N) is 1. The molecule has 1 aromatic rings. The highest BCUT2D eigenvalue weighted by atomic mass is 32.2. The average Bonchev–Trinajstić information content (AvgIpc) is 2.43. The maximum atomic E-state index is 11.7. The molecule has 20 heavy (non-hydrogen) atoms. The van der Waals surface area contributed by atoms with Gasteiger partial charge in [0.2, 0.25) is 10.0 Å². The van der Waals surface area contributed by atoms with Crippen LogP contribution >= 0.6 is 0 Å². The molecule has 0 spiro atoms. The van der Waals surface area contributed by atoms with E-state index in [1.54, 1.807) is 18.2 Å². The third kappa shape index (κ3) is 3.84. The summed E-state index contributed by atoms with van der Waals surface area (Å²) in [5.41, 5.74) is 0.549. The molecule has 0 aliphatic heterocycles. The molecule has 0 aromatic heterocycles.